The molecule has 0 unspecified atom stereocenters. The van der Waals surface area contributed by atoms with Gasteiger partial charge >= 0.3 is 0 Å². The number of likely N-dealkylation sites (tertiary alicyclic amines) is 1. The van der Waals surface area contributed by atoms with E-state index in [2.05, 4.69) is 18.4 Å². The van der Waals surface area contributed by atoms with Gasteiger partial charge < -0.3 is 5.11 Å². The summed E-state index contributed by atoms with van der Waals surface area (Å²) in [5, 5.41) is 10.0. The van der Waals surface area contributed by atoms with Crippen molar-refractivity contribution in [3.8, 4) is 0 Å². The van der Waals surface area contributed by atoms with Gasteiger partial charge in [0.25, 0.3) is 0 Å². The van der Waals surface area contributed by atoms with E-state index < -0.39 is 0 Å². The van der Waals surface area contributed by atoms with Gasteiger partial charge in [0.2, 0.25) is 0 Å². The van der Waals surface area contributed by atoms with E-state index in [1.807, 2.05) is 0 Å². The van der Waals surface area contributed by atoms with Crippen LogP contribution in [0.2, 0.25) is 0 Å². The zero-order valence-corrected chi connectivity index (χ0v) is 8.42. The lowest BCUT2D eigenvalue weighted by atomic mass is 9.88. The summed E-state index contributed by atoms with van der Waals surface area (Å²) in [6, 6.07) is 0. The molecule has 74 valence electrons. The van der Waals surface area contributed by atoms with Crippen molar-refractivity contribution in [3.63, 3.8) is 0 Å². The Hall–Kier alpha value is -0.340. The fourth-order valence-electron chi connectivity index (χ4n) is 2.15. The van der Waals surface area contributed by atoms with Crippen LogP contribution in [0.25, 0.3) is 0 Å². The lowest BCUT2D eigenvalue weighted by Crippen LogP contribution is -2.63. The van der Waals surface area contributed by atoms with Crippen molar-refractivity contribution < 1.29 is 5.11 Å². The molecular weight excluding hydrogens is 162 g/mol. The Morgan fingerprint density at radius 2 is 2.15 bits per heavy atom. The summed E-state index contributed by atoms with van der Waals surface area (Å²) >= 11 is 0. The third-order valence-corrected chi connectivity index (χ3v) is 3.28. The molecule has 0 aromatic rings. The van der Waals surface area contributed by atoms with Crippen LogP contribution in [0.5, 0.6) is 0 Å². The van der Waals surface area contributed by atoms with Crippen molar-refractivity contribution in [1.82, 2.24) is 4.90 Å². The third-order valence-electron chi connectivity index (χ3n) is 3.28. The molecule has 1 N–H and O–H groups in total. The predicted molar refractivity (Wildman–Crippen MR) is 53.5 cm³/mol. The van der Waals surface area contributed by atoms with Crippen molar-refractivity contribution >= 4 is 0 Å². The van der Waals surface area contributed by atoms with E-state index in [9.17, 15) is 5.11 Å². The number of hydrogen-bond acceptors (Lipinski definition) is 2. The number of hydrogen-bond donors (Lipinski definition) is 1. The maximum Gasteiger partial charge on any atom is 0.0928 e. The van der Waals surface area contributed by atoms with Crippen molar-refractivity contribution in [2.45, 2.75) is 31.8 Å². The highest BCUT2D eigenvalue weighted by molar-refractivity contribution is 5.08. The fourth-order valence-corrected chi connectivity index (χ4v) is 2.15. The molecule has 0 amide bonds. The predicted octanol–water partition coefficient (Wildman–Crippen LogP) is 1.41. The molecule has 1 heterocycles. The molecule has 0 aromatic carbocycles. The Morgan fingerprint density at radius 3 is 2.62 bits per heavy atom. The second-order valence-corrected chi connectivity index (χ2v) is 4.63. The highest BCUT2D eigenvalue weighted by atomic mass is 16.3. The molecule has 2 rings (SSSR count). The van der Waals surface area contributed by atoms with Crippen LogP contribution in [0, 0.1) is 5.92 Å². The third kappa shape index (κ3) is 1.79. The number of β-amino-alcohol motifs (C(OH)–C–C–N with tert-alkyl or cyclic N) is 1. The molecule has 1 saturated heterocycles. The Balaban J connectivity index is 1.74. The summed E-state index contributed by atoms with van der Waals surface area (Å²) in [5.41, 5.74) is 0.950. The highest BCUT2D eigenvalue weighted by Crippen LogP contribution is 2.44. The number of rotatable bonds is 4. The van der Waals surface area contributed by atoms with E-state index in [0.717, 1.165) is 26.1 Å². The van der Waals surface area contributed by atoms with E-state index in [1.54, 1.807) is 0 Å². The molecule has 2 heteroatoms. The van der Waals surface area contributed by atoms with Crippen LogP contribution in [0.1, 0.15) is 26.2 Å². The average Bonchev–Trinajstić information content (AvgIpc) is 2.83. The van der Waals surface area contributed by atoms with Crippen LogP contribution in [0.3, 0.4) is 0 Å². The molecule has 1 aliphatic heterocycles. The van der Waals surface area contributed by atoms with Crippen molar-refractivity contribution in [1.29, 1.82) is 0 Å². The molecule has 0 atom stereocenters. The smallest absolute Gasteiger partial charge is 0.0928 e. The maximum atomic E-state index is 10.0. The van der Waals surface area contributed by atoms with Crippen LogP contribution in [-0.2, 0) is 0 Å². The van der Waals surface area contributed by atoms with Gasteiger partial charge in [-0.1, -0.05) is 19.1 Å². The van der Waals surface area contributed by atoms with Crippen LogP contribution in [0.4, 0.5) is 0 Å². The molecule has 0 spiro atoms. The summed E-state index contributed by atoms with van der Waals surface area (Å²) < 4.78 is 0. The zero-order valence-electron chi connectivity index (χ0n) is 8.42. The zero-order chi connectivity index (χ0) is 9.47. The quantitative estimate of drug-likeness (QED) is 0.663. The standard InChI is InChI=1S/C11H19NO/c1-3-9(2)6-12-7-11(13,8-12)10-4-5-10/h10,13H,2-8H2,1H3. The topological polar surface area (TPSA) is 23.5 Å². The SMILES string of the molecule is C=C(CC)CN1CC(O)(C2CC2)C1. The van der Waals surface area contributed by atoms with Crippen LogP contribution in [0.15, 0.2) is 12.2 Å². The molecule has 1 aliphatic carbocycles. The molecule has 0 aromatic heterocycles. The monoisotopic (exact) mass is 181 g/mol. The average molecular weight is 181 g/mol. The first kappa shape index (κ1) is 9.22. The summed E-state index contributed by atoms with van der Waals surface area (Å²) in [4.78, 5) is 2.30. The molecule has 2 fully saturated rings. The van der Waals surface area contributed by atoms with E-state index in [0.29, 0.717) is 5.92 Å². The molecular formula is C11H19NO. The maximum absolute atomic E-state index is 10.0. The van der Waals surface area contributed by atoms with Gasteiger partial charge in [-0.2, -0.15) is 0 Å². The lowest BCUT2D eigenvalue weighted by molar-refractivity contribution is -0.109. The lowest BCUT2D eigenvalue weighted by Gasteiger charge is -2.47. The second-order valence-electron chi connectivity index (χ2n) is 4.63. The van der Waals surface area contributed by atoms with Gasteiger partial charge in [-0.15, -0.1) is 0 Å². The molecule has 0 radical (unpaired) electrons. The van der Waals surface area contributed by atoms with Gasteiger partial charge in [0, 0.05) is 19.6 Å². The van der Waals surface area contributed by atoms with E-state index in [1.165, 1.54) is 18.4 Å². The fraction of sp³-hybridized carbons (Fsp3) is 0.818. The minimum Gasteiger partial charge on any atom is -0.387 e. The van der Waals surface area contributed by atoms with E-state index >= 15 is 0 Å². The van der Waals surface area contributed by atoms with Gasteiger partial charge in [0.1, 0.15) is 0 Å². The first-order valence-electron chi connectivity index (χ1n) is 5.25. The number of nitrogens with zero attached hydrogens (tertiary/aromatic N) is 1. The Bertz CT molecular complexity index is 214. The van der Waals surface area contributed by atoms with Gasteiger partial charge in [-0.25, -0.2) is 0 Å². The molecule has 2 aliphatic rings. The van der Waals surface area contributed by atoms with Crippen LogP contribution < -0.4 is 0 Å². The normalized spacial score (nSPS) is 26.9. The summed E-state index contributed by atoms with van der Waals surface area (Å²) in [5.74, 6) is 0.610. The molecule has 0 bridgehead atoms. The second kappa shape index (κ2) is 3.10. The minimum atomic E-state index is -0.325. The van der Waals surface area contributed by atoms with Crippen molar-refractivity contribution in [3.05, 3.63) is 12.2 Å². The molecule has 1 saturated carbocycles. The van der Waals surface area contributed by atoms with Gasteiger partial charge in [-0.3, -0.25) is 4.90 Å². The van der Waals surface area contributed by atoms with Crippen molar-refractivity contribution in [2.75, 3.05) is 19.6 Å². The highest BCUT2D eigenvalue weighted by Gasteiger charge is 2.51. The molecule has 2 nitrogen and oxygen atoms in total. The number of aliphatic hydroxyl groups is 1. The summed E-state index contributed by atoms with van der Waals surface area (Å²) in [6.07, 6.45) is 3.52. The Labute approximate surface area is 80.2 Å². The summed E-state index contributed by atoms with van der Waals surface area (Å²) in [7, 11) is 0. The first-order chi connectivity index (χ1) is 6.14. The Kier molecular flexibility index (Phi) is 2.20. The van der Waals surface area contributed by atoms with Gasteiger partial charge in [0.05, 0.1) is 5.60 Å². The van der Waals surface area contributed by atoms with Gasteiger partial charge in [-0.05, 0) is 25.2 Å². The van der Waals surface area contributed by atoms with E-state index in [4.69, 9.17) is 0 Å². The van der Waals surface area contributed by atoms with Gasteiger partial charge in [0.15, 0.2) is 0 Å². The van der Waals surface area contributed by atoms with Crippen LogP contribution >= 0.6 is 0 Å². The van der Waals surface area contributed by atoms with E-state index in [-0.39, 0.29) is 5.60 Å². The molecule has 13 heavy (non-hydrogen) atoms. The van der Waals surface area contributed by atoms with Crippen molar-refractivity contribution in [2.24, 2.45) is 5.92 Å². The summed E-state index contributed by atoms with van der Waals surface area (Å²) in [6.45, 7) is 8.84. The largest absolute Gasteiger partial charge is 0.387 e. The van der Waals surface area contributed by atoms with Crippen LogP contribution in [-0.4, -0.2) is 35.2 Å². The minimum absolute atomic E-state index is 0.325. The Morgan fingerprint density at radius 1 is 1.54 bits per heavy atom. The first-order valence-corrected chi connectivity index (χ1v) is 5.25.